The van der Waals surface area contributed by atoms with Gasteiger partial charge in [0.25, 0.3) is 0 Å². The van der Waals surface area contributed by atoms with E-state index in [9.17, 15) is 15.0 Å². The monoisotopic (exact) mass is 704 g/mol. The molecule has 0 rings (SSSR count). The number of amides is 1. The fraction of sp³-hybridized carbons (Fsp3) is 0.891. The van der Waals surface area contributed by atoms with Gasteiger partial charge in [-0.05, 0) is 32.1 Å². The van der Waals surface area contributed by atoms with Gasteiger partial charge in [0.15, 0.2) is 0 Å². The van der Waals surface area contributed by atoms with Gasteiger partial charge >= 0.3 is 0 Å². The van der Waals surface area contributed by atoms with Crippen LogP contribution in [0.2, 0.25) is 0 Å². The van der Waals surface area contributed by atoms with Crippen LogP contribution in [0.25, 0.3) is 0 Å². The van der Waals surface area contributed by atoms with Crippen molar-refractivity contribution >= 4 is 5.91 Å². The largest absolute Gasteiger partial charge is 0.394 e. The first-order valence-corrected chi connectivity index (χ1v) is 22.6. The van der Waals surface area contributed by atoms with E-state index in [1.807, 2.05) is 6.08 Å². The van der Waals surface area contributed by atoms with Crippen molar-refractivity contribution in [2.75, 3.05) is 6.61 Å². The normalized spacial score (nSPS) is 13.1. The molecule has 0 aliphatic rings. The van der Waals surface area contributed by atoms with Crippen LogP contribution in [0.1, 0.15) is 245 Å². The van der Waals surface area contributed by atoms with Crippen LogP contribution in [-0.4, -0.2) is 34.9 Å². The highest BCUT2D eigenvalue weighted by Gasteiger charge is 2.17. The molecule has 0 aromatic rings. The molecule has 50 heavy (non-hydrogen) atoms. The number of rotatable bonds is 41. The van der Waals surface area contributed by atoms with Crippen molar-refractivity contribution in [3.63, 3.8) is 0 Å². The lowest BCUT2D eigenvalue weighted by Crippen LogP contribution is -2.45. The Morgan fingerprint density at radius 3 is 1.16 bits per heavy atom. The minimum absolute atomic E-state index is 0.0698. The van der Waals surface area contributed by atoms with Crippen LogP contribution in [0, 0.1) is 0 Å². The van der Waals surface area contributed by atoms with Crippen LogP contribution in [0.4, 0.5) is 0 Å². The number of aliphatic hydroxyl groups excluding tert-OH is 2. The Kier molecular flexibility index (Phi) is 41.3. The van der Waals surface area contributed by atoms with Gasteiger partial charge in [0.2, 0.25) is 5.91 Å². The minimum Gasteiger partial charge on any atom is -0.394 e. The molecule has 0 saturated carbocycles. The van der Waals surface area contributed by atoms with Crippen LogP contribution in [0.15, 0.2) is 24.3 Å². The maximum absolute atomic E-state index is 12.4. The Balaban J connectivity index is 3.57. The summed E-state index contributed by atoms with van der Waals surface area (Å²) < 4.78 is 0. The lowest BCUT2D eigenvalue weighted by atomic mass is 10.0. The molecule has 2 unspecified atom stereocenters. The number of unbranched alkanes of at least 4 members (excludes halogenated alkanes) is 32. The van der Waals surface area contributed by atoms with Crippen molar-refractivity contribution in [1.82, 2.24) is 5.32 Å². The number of hydrogen-bond donors (Lipinski definition) is 3. The number of allylic oxidation sites excluding steroid dienone is 3. The molecule has 3 N–H and O–H groups in total. The maximum atomic E-state index is 12.4. The highest BCUT2D eigenvalue weighted by atomic mass is 16.3. The lowest BCUT2D eigenvalue weighted by molar-refractivity contribution is -0.123. The molecule has 2 atom stereocenters. The number of carbonyl (C=O) groups excluding carboxylic acids is 1. The molecule has 0 spiro atoms. The summed E-state index contributed by atoms with van der Waals surface area (Å²) in [7, 11) is 0. The second kappa shape index (κ2) is 42.3. The van der Waals surface area contributed by atoms with Crippen molar-refractivity contribution in [3.8, 4) is 0 Å². The first-order chi connectivity index (χ1) is 24.7. The first-order valence-electron chi connectivity index (χ1n) is 22.6. The number of nitrogens with one attached hydrogen (secondary N) is 1. The highest BCUT2D eigenvalue weighted by Crippen LogP contribution is 2.16. The predicted molar refractivity (Wildman–Crippen MR) is 221 cm³/mol. The summed E-state index contributed by atoms with van der Waals surface area (Å²) in [5, 5.41) is 23.0. The van der Waals surface area contributed by atoms with E-state index in [-0.39, 0.29) is 12.5 Å². The lowest BCUT2D eigenvalue weighted by Gasteiger charge is -2.19. The molecule has 0 saturated heterocycles. The van der Waals surface area contributed by atoms with Crippen LogP contribution in [-0.2, 0) is 4.79 Å². The average molecular weight is 704 g/mol. The quantitative estimate of drug-likeness (QED) is 0.0438. The van der Waals surface area contributed by atoms with Gasteiger partial charge in [-0.2, -0.15) is 0 Å². The molecule has 0 aromatic heterocycles. The average Bonchev–Trinajstić information content (AvgIpc) is 3.12. The summed E-state index contributed by atoms with van der Waals surface area (Å²) in [5.41, 5.74) is 0. The van der Waals surface area contributed by atoms with Gasteiger partial charge in [-0.15, -0.1) is 0 Å². The molecule has 0 bridgehead atoms. The second-order valence-corrected chi connectivity index (χ2v) is 15.5. The van der Waals surface area contributed by atoms with Crippen molar-refractivity contribution in [1.29, 1.82) is 0 Å². The van der Waals surface area contributed by atoms with E-state index < -0.39 is 12.1 Å². The van der Waals surface area contributed by atoms with Gasteiger partial charge in [0.1, 0.15) is 0 Å². The van der Waals surface area contributed by atoms with Gasteiger partial charge in [0, 0.05) is 6.42 Å². The topological polar surface area (TPSA) is 69.6 Å². The Morgan fingerprint density at radius 2 is 0.780 bits per heavy atom. The van der Waals surface area contributed by atoms with Gasteiger partial charge in [-0.3, -0.25) is 4.79 Å². The van der Waals surface area contributed by atoms with Crippen LogP contribution >= 0.6 is 0 Å². The predicted octanol–water partition coefficient (Wildman–Crippen LogP) is 14.0. The molecule has 0 aliphatic carbocycles. The van der Waals surface area contributed by atoms with E-state index >= 15 is 0 Å². The van der Waals surface area contributed by atoms with E-state index in [4.69, 9.17) is 0 Å². The SMILES string of the molecule is CCCCCCCCCCCCCCC/C=C/CC/C=C/C(O)C(CO)NC(=O)CCCCCCCCCCCCCCCCCCCCC. The molecule has 0 aromatic carbocycles. The fourth-order valence-electron chi connectivity index (χ4n) is 6.96. The first kappa shape index (κ1) is 48.9. The molecule has 4 heteroatoms. The standard InChI is InChI=1S/C46H89NO3/c1-3-5-7-9-11-13-15-17-19-21-23-25-27-29-31-33-35-37-39-41-45(49)44(43-48)47-46(50)42-40-38-36-34-32-30-28-26-24-22-20-18-16-14-12-10-8-6-4-2/h31,33,39,41,44-45,48-49H,3-30,32,34-38,40,42-43H2,1-2H3,(H,47,50)/b33-31+,41-39+. The van der Waals surface area contributed by atoms with Crippen molar-refractivity contribution in [3.05, 3.63) is 24.3 Å². The zero-order chi connectivity index (χ0) is 36.4. The fourth-order valence-corrected chi connectivity index (χ4v) is 6.96. The molecule has 0 aliphatic heterocycles. The van der Waals surface area contributed by atoms with Crippen molar-refractivity contribution in [2.24, 2.45) is 0 Å². The summed E-state index contributed by atoms with van der Waals surface area (Å²) in [5.74, 6) is -0.0698. The van der Waals surface area contributed by atoms with Crippen molar-refractivity contribution < 1.29 is 15.0 Å². The number of aliphatic hydroxyl groups is 2. The number of hydrogen-bond acceptors (Lipinski definition) is 3. The summed E-state index contributed by atoms with van der Waals surface area (Å²) in [4.78, 5) is 12.4. The molecule has 1 amide bonds. The Bertz CT molecular complexity index is 720. The molecule has 0 heterocycles. The van der Waals surface area contributed by atoms with Gasteiger partial charge in [0.05, 0.1) is 18.8 Å². The Labute approximate surface area is 313 Å². The molecular formula is C46H89NO3. The summed E-state index contributed by atoms with van der Waals surface area (Å²) in [6, 6.07) is -0.634. The van der Waals surface area contributed by atoms with Gasteiger partial charge in [-0.25, -0.2) is 0 Å². The van der Waals surface area contributed by atoms with Gasteiger partial charge in [-0.1, -0.05) is 231 Å². The third-order valence-electron chi connectivity index (χ3n) is 10.4. The van der Waals surface area contributed by atoms with Crippen LogP contribution < -0.4 is 5.32 Å². The van der Waals surface area contributed by atoms with E-state index in [0.717, 1.165) is 32.1 Å². The number of carbonyl (C=O) groups is 1. The Morgan fingerprint density at radius 1 is 0.460 bits per heavy atom. The summed E-state index contributed by atoms with van der Waals surface area (Å²) in [6.45, 7) is 4.32. The highest BCUT2D eigenvalue weighted by molar-refractivity contribution is 5.76. The molecule has 4 nitrogen and oxygen atoms in total. The zero-order valence-corrected chi connectivity index (χ0v) is 33.9. The van der Waals surface area contributed by atoms with Crippen LogP contribution in [0.3, 0.4) is 0 Å². The van der Waals surface area contributed by atoms with E-state index in [1.165, 1.54) is 193 Å². The third kappa shape index (κ3) is 38.1. The minimum atomic E-state index is -0.858. The van der Waals surface area contributed by atoms with Crippen molar-refractivity contribution in [2.45, 2.75) is 257 Å². The second-order valence-electron chi connectivity index (χ2n) is 15.5. The molecule has 0 fully saturated rings. The van der Waals surface area contributed by atoms with E-state index in [0.29, 0.717) is 6.42 Å². The Hall–Kier alpha value is -1.13. The van der Waals surface area contributed by atoms with Gasteiger partial charge < -0.3 is 15.5 Å². The molecule has 296 valence electrons. The zero-order valence-electron chi connectivity index (χ0n) is 33.9. The summed E-state index contributed by atoms with van der Waals surface area (Å²) in [6.07, 6.45) is 54.3. The van der Waals surface area contributed by atoms with E-state index in [2.05, 4.69) is 31.3 Å². The third-order valence-corrected chi connectivity index (χ3v) is 10.4. The smallest absolute Gasteiger partial charge is 0.220 e. The molecular weight excluding hydrogens is 615 g/mol. The van der Waals surface area contributed by atoms with E-state index in [1.54, 1.807) is 6.08 Å². The summed E-state index contributed by atoms with van der Waals surface area (Å²) >= 11 is 0. The van der Waals surface area contributed by atoms with Crippen LogP contribution in [0.5, 0.6) is 0 Å². The maximum Gasteiger partial charge on any atom is 0.220 e. The molecule has 0 radical (unpaired) electrons.